The van der Waals surface area contributed by atoms with Gasteiger partial charge in [0.2, 0.25) is 0 Å². The molecule has 0 unspecified atom stereocenters. The highest BCUT2D eigenvalue weighted by atomic mass is 79.9. The van der Waals surface area contributed by atoms with E-state index in [1.165, 1.54) is 72.0 Å². The Kier molecular flexibility index (Phi) is 19.2. The lowest BCUT2D eigenvalue weighted by molar-refractivity contribution is 0.00578. The number of aromatic nitrogens is 6. The van der Waals surface area contributed by atoms with E-state index < -0.39 is 14.2 Å². The molecule has 0 radical (unpaired) electrons. The Labute approximate surface area is 713 Å². The normalized spacial score (nSPS) is 16.4. The third-order valence-electron chi connectivity index (χ3n) is 26.3. The molecule has 3 aromatic heterocycles. The smallest absolute Gasteiger partial charge is 0.399 e. The quantitative estimate of drug-likeness (QED) is 0.123. The van der Waals surface area contributed by atoms with Crippen LogP contribution in [0.1, 0.15) is 130 Å². The summed E-state index contributed by atoms with van der Waals surface area (Å²) in [6.07, 6.45) is 0. The molecular formula is C107H93B2BrN6O4. The molecule has 3 aliphatic carbocycles. The standard InChI is InChI=1S/C60H44N4.C25H19BrN2.C22H30B2O4/c1-59(2)49-25-15-13-23-47(49)55-51(59)53(61-57(63-55)41-17-7-5-8-18-41)39-31-27-37(28-32-39)43-35-36-44(46-22-12-11-21-45(43)46)38-29-33-40(34-30-38)54-52-56(48-24-14-16-26-50(48)60(52,3)4)64-58(62-54)42-19-9-6-10-20-42;1-25(2)20-11-7-6-10-19(20)23-21(25)22(16-12-14-18(26)15-13-16)27-24(28-23)17-8-4-3-5-9-17;1-19(2)20(3,4)26-23(25-19)17-13-14-18(16-12-10-9-11-15(16)17)24-27-21(5,6)22(7,8)28-24/h5-36H,1-4H3;3-15H,1-2H3;9-14H,1-8H3. The average molecular weight is 1630 g/mol. The number of halogens is 1. The summed E-state index contributed by atoms with van der Waals surface area (Å²) in [6.45, 7) is 30.3. The molecule has 5 aliphatic rings. The lowest BCUT2D eigenvalue weighted by Gasteiger charge is -2.32. The molecule has 0 N–H and O–H groups in total. The van der Waals surface area contributed by atoms with E-state index in [2.05, 4.69) is 380 Å². The minimum atomic E-state index is -0.401. The monoisotopic (exact) mass is 1630 g/mol. The van der Waals surface area contributed by atoms with Crippen LogP contribution >= 0.6 is 15.9 Å². The zero-order valence-electron chi connectivity index (χ0n) is 70.3. The third kappa shape index (κ3) is 13.3. The van der Waals surface area contributed by atoms with Gasteiger partial charge in [-0.15, -0.1) is 0 Å². The second-order valence-corrected chi connectivity index (χ2v) is 36.7. The highest BCUT2D eigenvalue weighted by Gasteiger charge is 2.55. The minimum absolute atomic E-state index is 0.149. The van der Waals surface area contributed by atoms with Gasteiger partial charge in [0, 0.05) is 87.5 Å². The van der Waals surface area contributed by atoms with Crippen molar-refractivity contribution in [2.45, 2.75) is 136 Å². The molecule has 0 amide bonds. The molecule has 10 nitrogen and oxygen atoms in total. The molecule has 2 saturated heterocycles. The Balaban J connectivity index is 0.000000140. The molecule has 13 aromatic carbocycles. The first-order chi connectivity index (χ1) is 57.7. The van der Waals surface area contributed by atoms with Gasteiger partial charge in [-0.05, 0) is 139 Å². The van der Waals surface area contributed by atoms with Crippen LogP contribution in [0, 0.1) is 0 Å². The Morgan fingerprint density at radius 2 is 0.458 bits per heavy atom. The van der Waals surface area contributed by atoms with Crippen molar-refractivity contribution in [1.82, 2.24) is 29.9 Å². The van der Waals surface area contributed by atoms with E-state index in [9.17, 15) is 0 Å². The van der Waals surface area contributed by atoms with Crippen LogP contribution in [-0.4, -0.2) is 66.5 Å². The van der Waals surface area contributed by atoms with Gasteiger partial charge in [-0.3, -0.25) is 0 Å². The van der Waals surface area contributed by atoms with Crippen LogP contribution in [0.2, 0.25) is 0 Å². The molecule has 0 bridgehead atoms. The maximum absolute atomic E-state index is 6.31. The molecule has 2 aliphatic heterocycles. The van der Waals surface area contributed by atoms with E-state index in [1.54, 1.807) is 0 Å². The number of rotatable bonds is 10. The summed E-state index contributed by atoms with van der Waals surface area (Å²) >= 11 is 3.54. The van der Waals surface area contributed by atoms with Crippen molar-refractivity contribution in [3.63, 3.8) is 0 Å². The van der Waals surface area contributed by atoms with Gasteiger partial charge in [-0.1, -0.05) is 355 Å². The second-order valence-electron chi connectivity index (χ2n) is 35.8. The maximum Gasteiger partial charge on any atom is 0.495 e. The van der Waals surface area contributed by atoms with Gasteiger partial charge < -0.3 is 18.6 Å². The molecule has 21 rings (SSSR count). The highest BCUT2D eigenvalue weighted by Crippen LogP contribution is 2.56. The SMILES string of the molecule is CC1(C)OB(c2ccc(B3OC(C)(C)C(C)(C)O3)c3ccccc23)OC1(C)C.CC1(C)c2ccccc2-c2nc(-c3ccccc3)nc(-c3ccc(-c4ccc(-c5ccc(-c6nc(-c7ccccc7)nc7c6C(C)(C)c6ccccc6-7)cc5)c5ccccc45)cc3)c21.CC1(C)c2ccccc2-c2nc(-c3ccccc3)nc(-c3ccc(Br)cc3)c21. The molecular weight excluding hydrogens is 1530 g/mol. The summed E-state index contributed by atoms with van der Waals surface area (Å²) in [4.78, 5) is 31.2. The van der Waals surface area contributed by atoms with Crippen LogP contribution in [0.4, 0.5) is 0 Å². The minimum Gasteiger partial charge on any atom is -0.399 e. The first-order valence-corrected chi connectivity index (χ1v) is 42.4. The van der Waals surface area contributed by atoms with Crippen LogP contribution in [0.5, 0.6) is 0 Å². The van der Waals surface area contributed by atoms with Crippen LogP contribution in [0.3, 0.4) is 0 Å². The third-order valence-corrected chi connectivity index (χ3v) is 26.8. The predicted molar refractivity (Wildman–Crippen MR) is 496 cm³/mol. The number of hydrogen-bond acceptors (Lipinski definition) is 10. The van der Waals surface area contributed by atoms with Crippen LogP contribution in [0.15, 0.2) is 314 Å². The molecule has 5 heterocycles. The zero-order chi connectivity index (χ0) is 83.0. The van der Waals surface area contributed by atoms with Crippen molar-refractivity contribution in [2.75, 3.05) is 0 Å². The first kappa shape index (κ1) is 78.0. The van der Waals surface area contributed by atoms with Crippen molar-refractivity contribution in [2.24, 2.45) is 0 Å². The molecule has 0 atom stereocenters. The summed E-state index contributed by atoms with van der Waals surface area (Å²) in [5.41, 5.74) is 28.1. The fraction of sp³-hybridized carbons (Fsp3) is 0.196. The predicted octanol–water partition coefficient (Wildman–Crippen LogP) is 25.4. The van der Waals surface area contributed by atoms with Gasteiger partial charge in [-0.25, -0.2) is 29.9 Å². The fourth-order valence-corrected chi connectivity index (χ4v) is 18.6. The van der Waals surface area contributed by atoms with Crippen LogP contribution in [-0.2, 0) is 34.9 Å². The van der Waals surface area contributed by atoms with E-state index in [0.717, 1.165) is 122 Å². The van der Waals surface area contributed by atoms with Crippen LogP contribution < -0.4 is 10.9 Å². The van der Waals surface area contributed by atoms with Gasteiger partial charge >= 0.3 is 14.2 Å². The van der Waals surface area contributed by atoms with Crippen molar-refractivity contribution < 1.29 is 18.6 Å². The summed E-state index contributed by atoms with van der Waals surface area (Å²) in [5, 5.41) is 4.63. The van der Waals surface area contributed by atoms with Crippen LogP contribution in [0.25, 0.3) is 146 Å². The van der Waals surface area contributed by atoms with Gasteiger partial charge in [-0.2, -0.15) is 0 Å². The summed E-state index contributed by atoms with van der Waals surface area (Å²) in [5.74, 6) is 2.26. The number of fused-ring (bicyclic) bond motifs is 11. The number of benzene rings is 13. The van der Waals surface area contributed by atoms with Gasteiger partial charge in [0.15, 0.2) is 17.5 Å². The van der Waals surface area contributed by atoms with Crippen molar-refractivity contribution in [3.05, 3.63) is 347 Å². The summed E-state index contributed by atoms with van der Waals surface area (Å²) in [7, 11) is -0.801. The second kappa shape index (κ2) is 29.5. The average Bonchev–Trinajstić information content (AvgIpc) is 1.57. The maximum atomic E-state index is 6.31. The number of nitrogens with zero attached hydrogens (tertiary/aromatic N) is 6. The largest absolute Gasteiger partial charge is 0.495 e. The highest BCUT2D eigenvalue weighted by molar-refractivity contribution is 9.10. The Morgan fingerprint density at radius 3 is 0.758 bits per heavy atom. The van der Waals surface area contributed by atoms with E-state index in [1.807, 2.05) is 42.5 Å². The Hall–Kier alpha value is -11.9. The summed E-state index contributed by atoms with van der Waals surface area (Å²) in [6, 6.07) is 109. The van der Waals surface area contributed by atoms with E-state index in [0.29, 0.717) is 0 Å². The molecule has 588 valence electrons. The van der Waals surface area contributed by atoms with E-state index in [-0.39, 0.29) is 38.6 Å². The lowest BCUT2D eigenvalue weighted by Crippen LogP contribution is -2.41. The summed E-state index contributed by atoms with van der Waals surface area (Å²) < 4.78 is 26.3. The zero-order valence-corrected chi connectivity index (χ0v) is 71.9. The Bertz CT molecular complexity index is 6370. The van der Waals surface area contributed by atoms with Gasteiger partial charge in [0.1, 0.15) is 0 Å². The molecule has 0 spiro atoms. The topological polar surface area (TPSA) is 114 Å². The molecule has 0 saturated carbocycles. The van der Waals surface area contributed by atoms with Gasteiger partial charge in [0.25, 0.3) is 0 Å². The molecule has 16 aromatic rings. The lowest BCUT2D eigenvalue weighted by atomic mass is 9.70. The molecule has 120 heavy (non-hydrogen) atoms. The molecule has 13 heteroatoms. The van der Waals surface area contributed by atoms with Crippen molar-refractivity contribution >= 4 is 62.6 Å². The molecule has 2 fully saturated rings. The van der Waals surface area contributed by atoms with E-state index >= 15 is 0 Å². The fourth-order valence-electron chi connectivity index (χ4n) is 18.3. The Morgan fingerprint density at radius 1 is 0.217 bits per heavy atom. The van der Waals surface area contributed by atoms with E-state index in [4.69, 9.17) is 48.5 Å². The van der Waals surface area contributed by atoms with Gasteiger partial charge in [0.05, 0.1) is 56.6 Å². The van der Waals surface area contributed by atoms with Crippen molar-refractivity contribution in [1.29, 1.82) is 0 Å². The number of hydrogen-bond donors (Lipinski definition) is 0. The first-order valence-electron chi connectivity index (χ1n) is 41.6. The van der Waals surface area contributed by atoms with Crippen molar-refractivity contribution in [3.8, 4) is 124 Å².